The molecule has 0 radical (unpaired) electrons. The summed E-state index contributed by atoms with van der Waals surface area (Å²) in [6.45, 7) is 4.84. The molecule has 0 aliphatic heterocycles. The van der Waals surface area contributed by atoms with Gasteiger partial charge in [-0.1, -0.05) is 12.1 Å². The number of anilines is 1. The maximum Gasteiger partial charge on any atom is 0.147 e. The van der Waals surface area contributed by atoms with Crippen LogP contribution in [-0.2, 0) is 6.54 Å². The van der Waals surface area contributed by atoms with E-state index < -0.39 is 0 Å². The van der Waals surface area contributed by atoms with E-state index in [0.717, 1.165) is 11.5 Å². The van der Waals surface area contributed by atoms with E-state index in [1.54, 1.807) is 12.4 Å². The monoisotopic (exact) mass is 213 g/mol. The maximum atomic E-state index is 4.17. The summed E-state index contributed by atoms with van der Waals surface area (Å²) in [6.07, 6.45) is 3.51. The first-order chi connectivity index (χ1) is 7.75. The second kappa shape index (κ2) is 4.75. The smallest absolute Gasteiger partial charge is 0.147 e. The molecule has 2 aromatic rings. The summed E-state index contributed by atoms with van der Waals surface area (Å²) < 4.78 is 0. The largest absolute Gasteiger partial charge is 0.378 e. The third-order valence-corrected chi connectivity index (χ3v) is 2.45. The Labute approximate surface area is 95.6 Å². The highest BCUT2D eigenvalue weighted by Gasteiger charge is 1.99. The standard InChI is InChI=1S/C13H15N3/c1-10-4-5-11(2)12(8-10)16-9-13-14-6-3-7-15-13/h3-8,16H,9H2,1-2H3. The van der Waals surface area contributed by atoms with Gasteiger partial charge in [-0.2, -0.15) is 0 Å². The van der Waals surface area contributed by atoms with Crippen LogP contribution >= 0.6 is 0 Å². The molecule has 0 amide bonds. The molecule has 0 spiro atoms. The topological polar surface area (TPSA) is 37.8 Å². The van der Waals surface area contributed by atoms with Gasteiger partial charge >= 0.3 is 0 Å². The van der Waals surface area contributed by atoms with Gasteiger partial charge in [-0.05, 0) is 37.1 Å². The zero-order valence-electron chi connectivity index (χ0n) is 9.57. The minimum Gasteiger partial charge on any atom is -0.378 e. The van der Waals surface area contributed by atoms with Crippen LogP contribution in [0, 0.1) is 13.8 Å². The first-order valence-electron chi connectivity index (χ1n) is 5.33. The lowest BCUT2D eigenvalue weighted by atomic mass is 10.1. The average molecular weight is 213 g/mol. The van der Waals surface area contributed by atoms with Crippen molar-refractivity contribution < 1.29 is 0 Å². The van der Waals surface area contributed by atoms with E-state index >= 15 is 0 Å². The lowest BCUT2D eigenvalue weighted by Crippen LogP contribution is -2.04. The van der Waals surface area contributed by atoms with Gasteiger partial charge in [-0.25, -0.2) is 9.97 Å². The Kier molecular flexibility index (Phi) is 3.15. The zero-order valence-corrected chi connectivity index (χ0v) is 9.57. The fourth-order valence-electron chi connectivity index (χ4n) is 1.52. The fraction of sp³-hybridized carbons (Fsp3) is 0.231. The molecule has 16 heavy (non-hydrogen) atoms. The first-order valence-corrected chi connectivity index (χ1v) is 5.33. The number of rotatable bonds is 3. The van der Waals surface area contributed by atoms with Crippen molar-refractivity contribution in [3.05, 3.63) is 53.6 Å². The molecule has 0 saturated heterocycles. The average Bonchev–Trinajstić information content (AvgIpc) is 2.32. The highest BCUT2D eigenvalue weighted by atomic mass is 15.0. The summed E-state index contributed by atoms with van der Waals surface area (Å²) in [5.41, 5.74) is 3.64. The molecule has 0 aliphatic rings. The molecule has 0 aliphatic carbocycles. The van der Waals surface area contributed by atoms with Gasteiger partial charge in [0, 0.05) is 18.1 Å². The summed E-state index contributed by atoms with van der Waals surface area (Å²) >= 11 is 0. The Morgan fingerprint density at radius 3 is 2.62 bits per heavy atom. The quantitative estimate of drug-likeness (QED) is 0.851. The van der Waals surface area contributed by atoms with Crippen molar-refractivity contribution in [2.24, 2.45) is 0 Å². The second-order valence-electron chi connectivity index (χ2n) is 3.84. The van der Waals surface area contributed by atoms with Crippen molar-refractivity contribution in [1.82, 2.24) is 9.97 Å². The minimum absolute atomic E-state index is 0.658. The van der Waals surface area contributed by atoms with Crippen LogP contribution in [0.4, 0.5) is 5.69 Å². The van der Waals surface area contributed by atoms with Crippen molar-refractivity contribution in [3.8, 4) is 0 Å². The van der Waals surface area contributed by atoms with Gasteiger partial charge in [0.2, 0.25) is 0 Å². The van der Waals surface area contributed by atoms with Gasteiger partial charge in [-0.15, -0.1) is 0 Å². The Hall–Kier alpha value is -1.90. The predicted octanol–water partition coefficient (Wildman–Crippen LogP) is 2.71. The number of aryl methyl sites for hydroxylation is 2. The molecule has 3 heteroatoms. The van der Waals surface area contributed by atoms with Gasteiger partial charge in [0.1, 0.15) is 5.82 Å². The molecule has 82 valence electrons. The number of benzene rings is 1. The van der Waals surface area contributed by atoms with E-state index in [1.165, 1.54) is 11.1 Å². The van der Waals surface area contributed by atoms with Crippen LogP contribution in [0.15, 0.2) is 36.7 Å². The lowest BCUT2D eigenvalue weighted by molar-refractivity contribution is 0.946. The molecule has 1 aromatic heterocycles. The Morgan fingerprint density at radius 2 is 1.88 bits per heavy atom. The highest BCUT2D eigenvalue weighted by Crippen LogP contribution is 2.16. The van der Waals surface area contributed by atoms with Crippen molar-refractivity contribution in [3.63, 3.8) is 0 Å². The van der Waals surface area contributed by atoms with Crippen molar-refractivity contribution in [2.75, 3.05) is 5.32 Å². The summed E-state index contributed by atoms with van der Waals surface area (Å²) in [4.78, 5) is 8.34. The number of hydrogen-bond donors (Lipinski definition) is 1. The van der Waals surface area contributed by atoms with Crippen LogP contribution in [-0.4, -0.2) is 9.97 Å². The van der Waals surface area contributed by atoms with Crippen LogP contribution in [0.1, 0.15) is 17.0 Å². The van der Waals surface area contributed by atoms with Crippen LogP contribution in [0.25, 0.3) is 0 Å². The molecule has 0 saturated carbocycles. The normalized spacial score (nSPS) is 10.1. The van der Waals surface area contributed by atoms with Crippen LogP contribution < -0.4 is 5.32 Å². The van der Waals surface area contributed by atoms with Gasteiger partial charge in [-0.3, -0.25) is 0 Å². The summed E-state index contributed by atoms with van der Waals surface area (Å²) in [5.74, 6) is 0.809. The summed E-state index contributed by atoms with van der Waals surface area (Å²) in [6, 6.07) is 8.18. The number of aromatic nitrogens is 2. The van der Waals surface area contributed by atoms with Crippen LogP contribution in [0.2, 0.25) is 0 Å². The number of hydrogen-bond acceptors (Lipinski definition) is 3. The Morgan fingerprint density at radius 1 is 1.12 bits per heavy atom. The van der Waals surface area contributed by atoms with Crippen molar-refractivity contribution >= 4 is 5.69 Å². The summed E-state index contributed by atoms with van der Waals surface area (Å²) in [5, 5.41) is 3.35. The number of nitrogens with zero attached hydrogens (tertiary/aromatic N) is 2. The fourth-order valence-corrected chi connectivity index (χ4v) is 1.52. The summed E-state index contributed by atoms with van der Waals surface area (Å²) in [7, 11) is 0. The van der Waals surface area contributed by atoms with Crippen molar-refractivity contribution in [1.29, 1.82) is 0 Å². The SMILES string of the molecule is Cc1ccc(C)c(NCc2ncccn2)c1. The van der Waals surface area contributed by atoms with E-state index in [-0.39, 0.29) is 0 Å². The van der Waals surface area contributed by atoms with Crippen LogP contribution in [0.3, 0.4) is 0 Å². The molecule has 3 nitrogen and oxygen atoms in total. The molecule has 1 heterocycles. The molecular weight excluding hydrogens is 198 g/mol. The Balaban J connectivity index is 2.08. The highest BCUT2D eigenvalue weighted by molar-refractivity contribution is 5.52. The molecule has 0 atom stereocenters. The Bertz CT molecular complexity index is 466. The van der Waals surface area contributed by atoms with Crippen LogP contribution in [0.5, 0.6) is 0 Å². The second-order valence-corrected chi connectivity index (χ2v) is 3.84. The van der Waals surface area contributed by atoms with Gasteiger partial charge in [0.05, 0.1) is 6.54 Å². The van der Waals surface area contributed by atoms with E-state index in [1.807, 2.05) is 6.07 Å². The van der Waals surface area contributed by atoms with E-state index in [4.69, 9.17) is 0 Å². The lowest BCUT2D eigenvalue weighted by Gasteiger charge is -2.09. The van der Waals surface area contributed by atoms with Gasteiger partial charge in [0.15, 0.2) is 0 Å². The molecule has 0 fully saturated rings. The molecule has 0 unspecified atom stereocenters. The first kappa shape index (κ1) is 10.6. The van der Waals surface area contributed by atoms with Crippen molar-refractivity contribution in [2.45, 2.75) is 20.4 Å². The van der Waals surface area contributed by atoms with Gasteiger partial charge in [0.25, 0.3) is 0 Å². The maximum absolute atomic E-state index is 4.17. The molecule has 0 bridgehead atoms. The number of nitrogens with one attached hydrogen (secondary N) is 1. The van der Waals surface area contributed by atoms with Gasteiger partial charge < -0.3 is 5.32 Å². The molecular formula is C13H15N3. The van der Waals surface area contributed by atoms with E-state index in [9.17, 15) is 0 Å². The third kappa shape index (κ3) is 2.57. The molecule has 1 N–H and O–H groups in total. The predicted molar refractivity (Wildman–Crippen MR) is 65.3 cm³/mol. The third-order valence-electron chi connectivity index (χ3n) is 2.45. The zero-order chi connectivity index (χ0) is 11.4. The molecule has 1 aromatic carbocycles. The molecule has 2 rings (SSSR count). The minimum atomic E-state index is 0.658. The van der Waals surface area contributed by atoms with E-state index in [0.29, 0.717) is 6.54 Å². The van der Waals surface area contributed by atoms with E-state index in [2.05, 4.69) is 47.3 Å².